The Balaban J connectivity index is 2.26. The highest BCUT2D eigenvalue weighted by Gasteiger charge is 2.17. The van der Waals surface area contributed by atoms with E-state index in [-0.39, 0.29) is 11.5 Å². The monoisotopic (exact) mass is 249 g/mol. The molecule has 3 heteroatoms. The lowest BCUT2D eigenvalue weighted by molar-refractivity contribution is 0.134. The van der Waals surface area contributed by atoms with Crippen molar-refractivity contribution in [1.29, 1.82) is 0 Å². The van der Waals surface area contributed by atoms with Crippen LogP contribution in [0.15, 0.2) is 30.3 Å². The molecule has 0 aliphatic rings. The van der Waals surface area contributed by atoms with Crippen LogP contribution in [-0.2, 0) is 11.3 Å². The van der Waals surface area contributed by atoms with Crippen LogP contribution < -0.4 is 5.32 Å². The molecule has 0 aromatic heterocycles. The summed E-state index contributed by atoms with van der Waals surface area (Å²) in [6, 6.07) is 9.68. The molecule has 0 unspecified atom stereocenters. The second-order valence-electron chi connectivity index (χ2n) is 5.33. The van der Waals surface area contributed by atoms with E-state index < -0.39 is 0 Å². The van der Waals surface area contributed by atoms with Crippen LogP contribution in [0.2, 0.25) is 0 Å². The Kier molecular flexibility index (Phi) is 5.69. The number of hydrogen-bond acceptors (Lipinski definition) is 2. The molecule has 0 radical (unpaired) electrons. The van der Waals surface area contributed by atoms with Crippen LogP contribution in [0.5, 0.6) is 0 Å². The van der Waals surface area contributed by atoms with E-state index in [0.717, 1.165) is 18.4 Å². The first-order valence-electron chi connectivity index (χ1n) is 6.48. The van der Waals surface area contributed by atoms with E-state index in [9.17, 15) is 4.79 Å². The van der Waals surface area contributed by atoms with Crippen LogP contribution in [-0.4, -0.2) is 12.6 Å². The highest BCUT2D eigenvalue weighted by Crippen LogP contribution is 2.20. The number of ether oxygens (including phenoxy) is 1. The van der Waals surface area contributed by atoms with Gasteiger partial charge in [0, 0.05) is 6.54 Å². The predicted molar refractivity (Wildman–Crippen MR) is 73.3 cm³/mol. The molecule has 0 aliphatic heterocycles. The summed E-state index contributed by atoms with van der Waals surface area (Å²) in [5.41, 5.74) is 1.13. The molecule has 0 spiro atoms. The van der Waals surface area contributed by atoms with Gasteiger partial charge >= 0.3 is 6.09 Å². The van der Waals surface area contributed by atoms with Gasteiger partial charge in [0.25, 0.3) is 0 Å². The van der Waals surface area contributed by atoms with Gasteiger partial charge in [0.05, 0.1) is 0 Å². The fourth-order valence-electron chi connectivity index (χ4n) is 1.85. The SMILES string of the molecule is CCCC(C)(C)CNC(=O)OCc1ccccc1. The highest BCUT2D eigenvalue weighted by molar-refractivity contribution is 5.67. The minimum absolute atomic E-state index is 0.126. The predicted octanol–water partition coefficient (Wildman–Crippen LogP) is 3.74. The van der Waals surface area contributed by atoms with Crippen molar-refractivity contribution in [1.82, 2.24) is 5.32 Å². The van der Waals surface area contributed by atoms with Gasteiger partial charge in [-0.25, -0.2) is 4.79 Å². The third kappa shape index (κ3) is 5.71. The molecule has 1 rings (SSSR count). The molecule has 1 N–H and O–H groups in total. The summed E-state index contributed by atoms with van der Waals surface area (Å²) in [5, 5.41) is 2.82. The first kappa shape index (κ1) is 14.6. The molecular weight excluding hydrogens is 226 g/mol. The van der Waals surface area contributed by atoms with E-state index in [4.69, 9.17) is 4.74 Å². The summed E-state index contributed by atoms with van der Waals surface area (Å²) in [7, 11) is 0. The molecule has 100 valence electrons. The molecular formula is C15H23NO2. The van der Waals surface area contributed by atoms with Crippen LogP contribution in [0, 0.1) is 5.41 Å². The van der Waals surface area contributed by atoms with Gasteiger partial charge in [0.2, 0.25) is 0 Å². The maximum absolute atomic E-state index is 11.5. The van der Waals surface area contributed by atoms with Crippen molar-refractivity contribution < 1.29 is 9.53 Å². The Bertz CT molecular complexity index is 360. The molecule has 0 saturated carbocycles. The van der Waals surface area contributed by atoms with Crippen LogP contribution >= 0.6 is 0 Å². The topological polar surface area (TPSA) is 38.3 Å². The fourth-order valence-corrected chi connectivity index (χ4v) is 1.85. The zero-order valence-electron chi connectivity index (χ0n) is 11.5. The Labute approximate surface area is 110 Å². The number of carbonyl (C=O) groups excluding carboxylic acids is 1. The highest BCUT2D eigenvalue weighted by atomic mass is 16.5. The van der Waals surface area contributed by atoms with Crippen LogP contribution in [0.3, 0.4) is 0 Å². The molecule has 3 nitrogen and oxygen atoms in total. The summed E-state index contributed by atoms with van der Waals surface area (Å²) in [5.74, 6) is 0. The van der Waals surface area contributed by atoms with Gasteiger partial charge in [-0.15, -0.1) is 0 Å². The lowest BCUT2D eigenvalue weighted by atomic mass is 9.88. The molecule has 1 aromatic rings. The summed E-state index contributed by atoms with van der Waals surface area (Å²) in [6.07, 6.45) is 1.86. The molecule has 0 atom stereocenters. The zero-order chi connectivity index (χ0) is 13.4. The third-order valence-electron chi connectivity index (χ3n) is 2.85. The minimum atomic E-state index is -0.344. The smallest absolute Gasteiger partial charge is 0.407 e. The summed E-state index contributed by atoms with van der Waals surface area (Å²) < 4.78 is 5.15. The van der Waals surface area contributed by atoms with E-state index in [1.807, 2.05) is 30.3 Å². The molecule has 1 aromatic carbocycles. The Morgan fingerprint density at radius 2 is 1.94 bits per heavy atom. The van der Waals surface area contributed by atoms with Crippen molar-refractivity contribution >= 4 is 6.09 Å². The molecule has 0 heterocycles. The van der Waals surface area contributed by atoms with Gasteiger partial charge in [-0.2, -0.15) is 0 Å². The molecule has 18 heavy (non-hydrogen) atoms. The molecule has 0 bridgehead atoms. The number of nitrogens with one attached hydrogen (secondary N) is 1. The molecule has 0 aliphatic carbocycles. The first-order chi connectivity index (χ1) is 8.53. The molecule has 0 fully saturated rings. The zero-order valence-corrected chi connectivity index (χ0v) is 11.5. The third-order valence-corrected chi connectivity index (χ3v) is 2.85. The molecule has 1 amide bonds. The van der Waals surface area contributed by atoms with E-state index in [1.54, 1.807) is 0 Å². The number of alkyl carbamates (subject to hydrolysis) is 1. The van der Waals surface area contributed by atoms with Gasteiger partial charge in [0.1, 0.15) is 6.61 Å². The van der Waals surface area contributed by atoms with E-state index >= 15 is 0 Å². The van der Waals surface area contributed by atoms with Gasteiger partial charge in [0.15, 0.2) is 0 Å². The normalized spacial score (nSPS) is 11.1. The number of benzene rings is 1. The van der Waals surface area contributed by atoms with Crippen molar-refractivity contribution in [3.63, 3.8) is 0 Å². The second kappa shape index (κ2) is 7.04. The Hall–Kier alpha value is -1.51. The van der Waals surface area contributed by atoms with Gasteiger partial charge in [-0.05, 0) is 17.4 Å². The number of hydrogen-bond donors (Lipinski definition) is 1. The average Bonchev–Trinajstić information content (AvgIpc) is 2.35. The quantitative estimate of drug-likeness (QED) is 0.834. The fraction of sp³-hybridized carbons (Fsp3) is 0.533. The maximum Gasteiger partial charge on any atom is 0.407 e. The van der Waals surface area contributed by atoms with Crippen molar-refractivity contribution in [3.8, 4) is 0 Å². The lowest BCUT2D eigenvalue weighted by Crippen LogP contribution is -2.34. The standard InChI is InChI=1S/C15H23NO2/c1-4-10-15(2,3)12-16-14(17)18-11-13-8-6-5-7-9-13/h5-9H,4,10-12H2,1-3H3,(H,16,17). The number of amides is 1. The van der Waals surface area contributed by atoms with E-state index in [0.29, 0.717) is 13.2 Å². The van der Waals surface area contributed by atoms with Crippen molar-refractivity contribution in [2.75, 3.05) is 6.54 Å². The van der Waals surface area contributed by atoms with Gasteiger partial charge in [-0.1, -0.05) is 57.5 Å². The van der Waals surface area contributed by atoms with Gasteiger partial charge < -0.3 is 10.1 Å². The first-order valence-corrected chi connectivity index (χ1v) is 6.48. The minimum Gasteiger partial charge on any atom is -0.445 e. The number of rotatable bonds is 6. The van der Waals surface area contributed by atoms with E-state index in [2.05, 4.69) is 26.1 Å². The molecule has 0 saturated heterocycles. The second-order valence-corrected chi connectivity index (χ2v) is 5.33. The summed E-state index contributed by atoms with van der Waals surface area (Å²) in [6.45, 7) is 7.41. The van der Waals surface area contributed by atoms with Crippen LogP contribution in [0.4, 0.5) is 4.79 Å². The van der Waals surface area contributed by atoms with Crippen molar-refractivity contribution in [3.05, 3.63) is 35.9 Å². The van der Waals surface area contributed by atoms with E-state index in [1.165, 1.54) is 0 Å². The average molecular weight is 249 g/mol. The van der Waals surface area contributed by atoms with Crippen LogP contribution in [0.1, 0.15) is 39.2 Å². The largest absolute Gasteiger partial charge is 0.445 e. The Morgan fingerprint density at radius 3 is 2.56 bits per heavy atom. The van der Waals surface area contributed by atoms with Crippen LogP contribution in [0.25, 0.3) is 0 Å². The maximum atomic E-state index is 11.5. The van der Waals surface area contributed by atoms with Crippen molar-refractivity contribution in [2.24, 2.45) is 5.41 Å². The summed E-state index contributed by atoms with van der Waals surface area (Å²) >= 11 is 0. The Morgan fingerprint density at radius 1 is 1.28 bits per heavy atom. The van der Waals surface area contributed by atoms with Gasteiger partial charge in [-0.3, -0.25) is 0 Å². The lowest BCUT2D eigenvalue weighted by Gasteiger charge is -2.23. The summed E-state index contributed by atoms with van der Waals surface area (Å²) in [4.78, 5) is 11.5. The van der Waals surface area contributed by atoms with Crippen molar-refractivity contribution in [2.45, 2.75) is 40.2 Å². The number of carbonyl (C=O) groups is 1.